The van der Waals surface area contributed by atoms with Crippen molar-refractivity contribution >= 4 is 34.3 Å². The maximum absolute atomic E-state index is 13.5. The zero-order valence-electron chi connectivity index (χ0n) is 20.3. The van der Waals surface area contributed by atoms with Gasteiger partial charge in [-0.05, 0) is 61.5 Å². The molecule has 4 aromatic rings. The van der Waals surface area contributed by atoms with Crippen molar-refractivity contribution in [2.24, 2.45) is 7.05 Å². The standard InChI is InChI=1S/C28H27N5O3/c1-3-36-27(34)15-16-33(23-7-5-4-6-8-23)28(35)21-11-14-25-24(17-21)31-26(32(25)2)19-30-22-12-9-20(18-29)10-13-22/h4-14,17,30H,3,15-16,19H2,1-2H3. The lowest BCUT2D eigenvalue weighted by Gasteiger charge is -2.22. The molecule has 0 fully saturated rings. The van der Waals surface area contributed by atoms with E-state index in [9.17, 15) is 9.59 Å². The Balaban J connectivity index is 1.55. The van der Waals surface area contributed by atoms with Gasteiger partial charge in [0.15, 0.2) is 0 Å². The van der Waals surface area contributed by atoms with Crippen LogP contribution >= 0.6 is 0 Å². The molecule has 0 aliphatic carbocycles. The molecule has 3 aromatic carbocycles. The van der Waals surface area contributed by atoms with E-state index < -0.39 is 0 Å². The minimum Gasteiger partial charge on any atom is -0.466 e. The van der Waals surface area contributed by atoms with Crippen LogP contribution < -0.4 is 10.2 Å². The highest BCUT2D eigenvalue weighted by Crippen LogP contribution is 2.22. The van der Waals surface area contributed by atoms with Crippen molar-refractivity contribution in [3.05, 3.63) is 89.7 Å². The number of aromatic nitrogens is 2. The van der Waals surface area contributed by atoms with E-state index >= 15 is 0 Å². The first-order chi connectivity index (χ1) is 17.5. The van der Waals surface area contributed by atoms with Crippen LogP contribution in [0.15, 0.2) is 72.8 Å². The Labute approximate surface area is 209 Å². The van der Waals surface area contributed by atoms with Gasteiger partial charge < -0.3 is 19.5 Å². The Hall–Kier alpha value is -4.64. The maximum Gasteiger partial charge on any atom is 0.307 e. The number of ether oxygens (including phenoxy) is 1. The quantitative estimate of drug-likeness (QED) is 0.349. The minimum atomic E-state index is -0.342. The number of anilines is 2. The average molecular weight is 482 g/mol. The number of aryl methyl sites for hydroxylation is 1. The van der Waals surface area contributed by atoms with E-state index in [2.05, 4.69) is 11.4 Å². The van der Waals surface area contributed by atoms with Crippen LogP contribution in [0.3, 0.4) is 0 Å². The number of fused-ring (bicyclic) bond motifs is 1. The largest absolute Gasteiger partial charge is 0.466 e. The van der Waals surface area contributed by atoms with E-state index in [1.54, 1.807) is 36.1 Å². The van der Waals surface area contributed by atoms with E-state index in [0.29, 0.717) is 35.5 Å². The maximum atomic E-state index is 13.5. The summed E-state index contributed by atoms with van der Waals surface area (Å²) < 4.78 is 7.03. The molecular weight excluding hydrogens is 454 g/mol. The second kappa shape index (κ2) is 11.2. The van der Waals surface area contributed by atoms with Gasteiger partial charge in [-0.2, -0.15) is 5.26 Å². The van der Waals surface area contributed by atoms with Crippen LogP contribution in [0.4, 0.5) is 11.4 Å². The summed E-state index contributed by atoms with van der Waals surface area (Å²) >= 11 is 0. The number of imidazole rings is 1. The molecule has 0 saturated heterocycles. The van der Waals surface area contributed by atoms with Gasteiger partial charge in [0, 0.05) is 30.5 Å². The third kappa shape index (κ3) is 5.53. The molecule has 8 heteroatoms. The van der Waals surface area contributed by atoms with Crippen molar-refractivity contribution in [3.63, 3.8) is 0 Å². The van der Waals surface area contributed by atoms with Gasteiger partial charge >= 0.3 is 5.97 Å². The Morgan fingerprint density at radius 3 is 2.53 bits per heavy atom. The van der Waals surface area contributed by atoms with Crippen LogP contribution in [-0.2, 0) is 23.1 Å². The van der Waals surface area contributed by atoms with Gasteiger partial charge in [0.2, 0.25) is 0 Å². The fraction of sp³-hybridized carbons (Fsp3) is 0.214. The molecule has 36 heavy (non-hydrogen) atoms. The summed E-state index contributed by atoms with van der Waals surface area (Å²) in [6, 6.07) is 24.1. The zero-order valence-corrected chi connectivity index (χ0v) is 20.3. The van der Waals surface area contributed by atoms with E-state index in [1.807, 2.05) is 60.1 Å². The normalized spacial score (nSPS) is 10.6. The molecule has 0 spiro atoms. The summed E-state index contributed by atoms with van der Waals surface area (Å²) in [5, 5.41) is 12.3. The predicted octanol–water partition coefficient (Wildman–Crippen LogP) is 4.66. The number of benzene rings is 3. The number of carbonyl (C=O) groups is 2. The highest BCUT2D eigenvalue weighted by Gasteiger charge is 2.20. The van der Waals surface area contributed by atoms with Gasteiger partial charge in [-0.3, -0.25) is 9.59 Å². The van der Waals surface area contributed by atoms with Crippen molar-refractivity contribution in [2.75, 3.05) is 23.4 Å². The first-order valence-electron chi connectivity index (χ1n) is 11.7. The van der Waals surface area contributed by atoms with Crippen molar-refractivity contribution < 1.29 is 14.3 Å². The lowest BCUT2D eigenvalue weighted by Crippen LogP contribution is -2.33. The molecule has 4 rings (SSSR count). The van der Waals surface area contributed by atoms with Gasteiger partial charge in [0.05, 0.1) is 42.2 Å². The number of nitrogens with one attached hydrogen (secondary N) is 1. The molecular formula is C28H27N5O3. The Morgan fingerprint density at radius 2 is 1.83 bits per heavy atom. The summed E-state index contributed by atoms with van der Waals surface area (Å²) in [7, 11) is 1.93. The number of amides is 1. The highest BCUT2D eigenvalue weighted by molar-refractivity contribution is 6.07. The molecule has 0 atom stereocenters. The van der Waals surface area contributed by atoms with E-state index in [4.69, 9.17) is 15.0 Å². The van der Waals surface area contributed by atoms with Crippen LogP contribution in [-0.4, -0.2) is 34.6 Å². The van der Waals surface area contributed by atoms with Gasteiger partial charge in [-0.1, -0.05) is 18.2 Å². The molecule has 0 aliphatic heterocycles. The summed E-state index contributed by atoms with van der Waals surface area (Å²) in [5.74, 6) is 0.252. The number of nitriles is 1. The number of esters is 1. The highest BCUT2D eigenvalue weighted by atomic mass is 16.5. The molecule has 1 N–H and O–H groups in total. The summed E-state index contributed by atoms with van der Waals surface area (Å²) in [6.07, 6.45) is 0.103. The number of nitrogens with zero attached hydrogens (tertiary/aromatic N) is 4. The van der Waals surface area contributed by atoms with Gasteiger partial charge in [0.1, 0.15) is 5.82 Å². The number of hydrogen-bond acceptors (Lipinski definition) is 6. The minimum absolute atomic E-state index is 0.103. The Morgan fingerprint density at radius 1 is 1.08 bits per heavy atom. The molecule has 1 amide bonds. The smallest absolute Gasteiger partial charge is 0.307 e. The van der Waals surface area contributed by atoms with Crippen LogP contribution in [0.25, 0.3) is 11.0 Å². The molecule has 0 bridgehead atoms. The van der Waals surface area contributed by atoms with Crippen molar-refractivity contribution in [1.82, 2.24) is 9.55 Å². The lowest BCUT2D eigenvalue weighted by molar-refractivity contribution is -0.142. The molecule has 0 aliphatic rings. The van der Waals surface area contributed by atoms with Crippen LogP contribution in [0.5, 0.6) is 0 Å². The number of rotatable bonds is 9. The molecule has 182 valence electrons. The zero-order chi connectivity index (χ0) is 25.5. The molecule has 0 saturated carbocycles. The van der Waals surface area contributed by atoms with E-state index in [1.165, 1.54) is 0 Å². The van der Waals surface area contributed by atoms with Gasteiger partial charge in [-0.25, -0.2) is 4.98 Å². The van der Waals surface area contributed by atoms with Crippen LogP contribution in [0.2, 0.25) is 0 Å². The molecule has 0 radical (unpaired) electrons. The number of carbonyl (C=O) groups excluding carboxylic acids is 2. The van der Waals surface area contributed by atoms with Crippen LogP contribution in [0.1, 0.15) is 35.1 Å². The third-order valence-corrected chi connectivity index (χ3v) is 5.84. The average Bonchev–Trinajstić information content (AvgIpc) is 3.23. The van der Waals surface area contributed by atoms with Crippen molar-refractivity contribution in [1.29, 1.82) is 5.26 Å². The number of para-hydroxylation sites is 1. The van der Waals surface area contributed by atoms with Gasteiger partial charge in [-0.15, -0.1) is 0 Å². The summed E-state index contributed by atoms with van der Waals surface area (Å²) in [5.41, 5.74) is 4.30. The molecule has 1 aromatic heterocycles. The SMILES string of the molecule is CCOC(=O)CCN(C(=O)c1ccc2c(c1)nc(CNc1ccc(C#N)cc1)n2C)c1ccccc1. The van der Waals surface area contributed by atoms with Crippen molar-refractivity contribution in [3.8, 4) is 6.07 Å². The second-order valence-electron chi connectivity index (χ2n) is 8.18. The summed E-state index contributed by atoms with van der Waals surface area (Å²) in [6.45, 7) is 2.75. The van der Waals surface area contributed by atoms with E-state index in [0.717, 1.165) is 17.0 Å². The lowest BCUT2D eigenvalue weighted by atomic mass is 10.1. The first-order valence-corrected chi connectivity index (χ1v) is 11.7. The monoisotopic (exact) mass is 481 g/mol. The predicted molar refractivity (Wildman–Crippen MR) is 139 cm³/mol. The van der Waals surface area contributed by atoms with Crippen molar-refractivity contribution in [2.45, 2.75) is 19.9 Å². The topological polar surface area (TPSA) is 100 Å². The molecule has 1 heterocycles. The van der Waals surface area contributed by atoms with E-state index in [-0.39, 0.29) is 24.8 Å². The number of hydrogen-bond donors (Lipinski definition) is 1. The van der Waals surface area contributed by atoms with Crippen LogP contribution in [0, 0.1) is 11.3 Å². The fourth-order valence-corrected chi connectivity index (χ4v) is 3.93. The Kier molecular flexibility index (Phi) is 7.61. The summed E-state index contributed by atoms with van der Waals surface area (Å²) in [4.78, 5) is 31.8. The fourth-order valence-electron chi connectivity index (χ4n) is 3.93. The molecule has 0 unspecified atom stereocenters. The second-order valence-corrected chi connectivity index (χ2v) is 8.18. The third-order valence-electron chi connectivity index (χ3n) is 5.84. The molecule has 8 nitrogen and oxygen atoms in total. The van der Waals surface area contributed by atoms with Gasteiger partial charge in [0.25, 0.3) is 5.91 Å². The first kappa shape index (κ1) is 24.5. The Bertz CT molecular complexity index is 1410.